The fraction of sp³-hybridized carbons (Fsp3) is 0. The van der Waals surface area contributed by atoms with Crippen molar-refractivity contribution in [1.82, 2.24) is 4.37 Å². The lowest BCUT2D eigenvalue weighted by Crippen LogP contribution is -1.64. The maximum atomic E-state index is 5.79. The summed E-state index contributed by atoms with van der Waals surface area (Å²) < 4.78 is 5.05. The lowest BCUT2D eigenvalue weighted by Gasteiger charge is -1.88. The molecule has 0 saturated carbocycles. The second kappa shape index (κ2) is 2.63. The van der Waals surface area contributed by atoms with E-state index >= 15 is 0 Å². The molecular formula is C7H3Cl2NS. The first-order valence-electron chi connectivity index (χ1n) is 2.98. The lowest BCUT2D eigenvalue weighted by molar-refractivity contribution is 1.60. The summed E-state index contributed by atoms with van der Waals surface area (Å²) in [4.78, 5) is 0. The Bertz CT molecular complexity index is 396. The van der Waals surface area contributed by atoms with E-state index < -0.39 is 0 Å². The van der Waals surface area contributed by atoms with Crippen LogP contribution in [0.4, 0.5) is 0 Å². The molecule has 0 bridgehead atoms. The number of hydrogen-bond donors (Lipinski definition) is 0. The molecule has 11 heavy (non-hydrogen) atoms. The molecule has 0 atom stereocenters. The first kappa shape index (κ1) is 7.35. The highest BCUT2D eigenvalue weighted by atomic mass is 35.5. The van der Waals surface area contributed by atoms with E-state index in [9.17, 15) is 0 Å². The van der Waals surface area contributed by atoms with E-state index in [0.29, 0.717) is 10.2 Å². The van der Waals surface area contributed by atoms with Crippen molar-refractivity contribution in [3.05, 3.63) is 28.4 Å². The van der Waals surface area contributed by atoms with E-state index in [4.69, 9.17) is 23.2 Å². The molecule has 4 heteroatoms. The van der Waals surface area contributed by atoms with Gasteiger partial charge >= 0.3 is 0 Å². The van der Waals surface area contributed by atoms with Crippen molar-refractivity contribution in [2.45, 2.75) is 0 Å². The number of rotatable bonds is 0. The highest BCUT2D eigenvalue weighted by Gasteiger charge is 2.02. The van der Waals surface area contributed by atoms with Gasteiger partial charge in [0.25, 0.3) is 0 Å². The van der Waals surface area contributed by atoms with Crippen LogP contribution in [0.5, 0.6) is 0 Å². The number of halogens is 2. The van der Waals surface area contributed by atoms with Gasteiger partial charge in [0, 0.05) is 10.4 Å². The molecular weight excluding hydrogens is 201 g/mol. The summed E-state index contributed by atoms with van der Waals surface area (Å²) in [5.74, 6) is 0. The normalized spacial score (nSPS) is 10.7. The molecule has 0 amide bonds. The van der Waals surface area contributed by atoms with Crippen molar-refractivity contribution in [1.29, 1.82) is 0 Å². The lowest BCUT2D eigenvalue weighted by atomic mass is 10.3. The maximum Gasteiger partial charge on any atom is 0.150 e. The number of hydrogen-bond acceptors (Lipinski definition) is 2. The van der Waals surface area contributed by atoms with Crippen LogP contribution in [0.1, 0.15) is 0 Å². The summed E-state index contributed by atoms with van der Waals surface area (Å²) in [7, 11) is 0. The molecule has 0 fully saturated rings. The van der Waals surface area contributed by atoms with Gasteiger partial charge in [-0.05, 0) is 29.7 Å². The molecule has 1 aromatic carbocycles. The van der Waals surface area contributed by atoms with Gasteiger partial charge < -0.3 is 0 Å². The van der Waals surface area contributed by atoms with Crippen molar-refractivity contribution in [2.24, 2.45) is 0 Å². The standard InChI is InChI=1S/C7H3Cl2NS/c8-4-1-2-6-5(3-4)7(9)10-11-6/h1-3H. The van der Waals surface area contributed by atoms with Gasteiger partial charge in [-0.1, -0.05) is 23.2 Å². The van der Waals surface area contributed by atoms with E-state index in [1.54, 1.807) is 0 Å². The summed E-state index contributed by atoms with van der Waals surface area (Å²) in [5.41, 5.74) is 0. The van der Waals surface area contributed by atoms with E-state index in [-0.39, 0.29) is 0 Å². The summed E-state index contributed by atoms with van der Waals surface area (Å²) in [6, 6.07) is 5.57. The van der Waals surface area contributed by atoms with Crippen molar-refractivity contribution in [3.63, 3.8) is 0 Å². The minimum absolute atomic E-state index is 0.535. The quantitative estimate of drug-likeness (QED) is 0.638. The van der Waals surface area contributed by atoms with Crippen LogP contribution >= 0.6 is 34.7 Å². The number of aromatic nitrogens is 1. The van der Waals surface area contributed by atoms with Gasteiger partial charge in [-0.25, -0.2) is 0 Å². The molecule has 0 aliphatic heterocycles. The van der Waals surface area contributed by atoms with Crippen LogP contribution in [0.3, 0.4) is 0 Å². The van der Waals surface area contributed by atoms with Gasteiger partial charge in [0.15, 0.2) is 5.15 Å². The monoisotopic (exact) mass is 203 g/mol. The molecule has 1 heterocycles. The van der Waals surface area contributed by atoms with Crippen LogP contribution in [0, 0.1) is 0 Å². The Kier molecular flexibility index (Phi) is 1.75. The Morgan fingerprint density at radius 1 is 1.27 bits per heavy atom. The van der Waals surface area contributed by atoms with E-state index in [1.807, 2.05) is 18.2 Å². The first-order chi connectivity index (χ1) is 5.27. The molecule has 0 aliphatic rings. The van der Waals surface area contributed by atoms with Crippen molar-refractivity contribution >= 4 is 44.8 Å². The average Bonchev–Trinajstić information content (AvgIpc) is 2.33. The van der Waals surface area contributed by atoms with E-state index in [2.05, 4.69) is 4.37 Å². The largest absolute Gasteiger partial charge is 0.180 e. The Hall–Kier alpha value is -0.310. The number of nitrogens with zero attached hydrogens (tertiary/aromatic N) is 1. The van der Waals surface area contributed by atoms with Crippen LogP contribution in [0.15, 0.2) is 18.2 Å². The second-order valence-electron chi connectivity index (χ2n) is 2.11. The Labute approximate surface area is 77.7 Å². The van der Waals surface area contributed by atoms with Gasteiger partial charge in [-0.15, -0.1) is 0 Å². The zero-order chi connectivity index (χ0) is 7.84. The third-order valence-electron chi connectivity index (χ3n) is 1.39. The molecule has 0 radical (unpaired) electrons. The number of fused-ring (bicyclic) bond motifs is 1. The van der Waals surface area contributed by atoms with Crippen LogP contribution in [0.2, 0.25) is 10.2 Å². The van der Waals surface area contributed by atoms with Crippen LogP contribution < -0.4 is 0 Å². The van der Waals surface area contributed by atoms with Crippen LogP contribution in [-0.4, -0.2) is 4.37 Å². The molecule has 56 valence electrons. The molecule has 1 aromatic heterocycles. The molecule has 0 unspecified atom stereocenters. The molecule has 0 spiro atoms. The Morgan fingerprint density at radius 2 is 2.09 bits per heavy atom. The highest BCUT2D eigenvalue weighted by molar-refractivity contribution is 7.13. The Morgan fingerprint density at radius 3 is 2.91 bits per heavy atom. The van der Waals surface area contributed by atoms with Crippen molar-refractivity contribution in [3.8, 4) is 0 Å². The van der Waals surface area contributed by atoms with E-state index in [0.717, 1.165) is 10.1 Å². The third kappa shape index (κ3) is 1.22. The fourth-order valence-corrected chi connectivity index (χ4v) is 2.03. The molecule has 0 aliphatic carbocycles. The van der Waals surface area contributed by atoms with Gasteiger partial charge in [-0.3, -0.25) is 0 Å². The van der Waals surface area contributed by atoms with Crippen molar-refractivity contribution in [2.75, 3.05) is 0 Å². The van der Waals surface area contributed by atoms with Gasteiger partial charge in [0.05, 0.1) is 4.70 Å². The summed E-state index contributed by atoms with van der Waals surface area (Å²) in [5, 5.41) is 2.16. The number of benzene rings is 1. The fourth-order valence-electron chi connectivity index (χ4n) is 0.881. The molecule has 2 aromatic rings. The second-order valence-corrected chi connectivity index (χ2v) is 3.71. The van der Waals surface area contributed by atoms with Crippen molar-refractivity contribution < 1.29 is 0 Å². The molecule has 2 rings (SSSR count). The van der Waals surface area contributed by atoms with E-state index in [1.165, 1.54) is 11.5 Å². The SMILES string of the molecule is Clc1ccc2snc(Cl)c2c1. The van der Waals surface area contributed by atoms with Gasteiger partial charge in [0.1, 0.15) is 0 Å². The summed E-state index contributed by atoms with van der Waals surface area (Å²) in [6.07, 6.45) is 0. The maximum absolute atomic E-state index is 5.79. The molecule has 0 N–H and O–H groups in total. The smallest absolute Gasteiger partial charge is 0.150 e. The predicted octanol–water partition coefficient (Wildman–Crippen LogP) is 3.60. The van der Waals surface area contributed by atoms with Gasteiger partial charge in [-0.2, -0.15) is 4.37 Å². The summed E-state index contributed by atoms with van der Waals surface area (Å²) in [6.45, 7) is 0. The first-order valence-corrected chi connectivity index (χ1v) is 4.51. The van der Waals surface area contributed by atoms with Crippen LogP contribution in [0.25, 0.3) is 10.1 Å². The minimum atomic E-state index is 0.535. The topological polar surface area (TPSA) is 12.9 Å². The summed E-state index contributed by atoms with van der Waals surface area (Å²) >= 11 is 12.9. The molecule has 0 saturated heterocycles. The highest BCUT2D eigenvalue weighted by Crippen LogP contribution is 2.28. The zero-order valence-electron chi connectivity index (χ0n) is 5.34. The van der Waals surface area contributed by atoms with Crippen LogP contribution in [-0.2, 0) is 0 Å². The zero-order valence-corrected chi connectivity index (χ0v) is 7.67. The minimum Gasteiger partial charge on any atom is -0.180 e. The molecule has 1 nitrogen and oxygen atoms in total. The average molecular weight is 204 g/mol. The predicted molar refractivity (Wildman–Crippen MR) is 49.6 cm³/mol. The van der Waals surface area contributed by atoms with Gasteiger partial charge in [0.2, 0.25) is 0 Å². The Balaban J connectivity index is 2.87. The third-order valence-corrected chi connectivity index (χ3v) is 2.84.